The zero-order valence-corrected chi connectivity index (χ0v) is 23.0. The lowest BCUT2D eigenvalue weighted by atomic mass is 9.63. The molecule has 0 aliphatic heterocycles. The van der Waals surface area contributed by atoms with Crippen LogP contribution in [0.15, 0.2) is 34.3 Å². The predicted molar refractivity (Wildman–Crippen MR) is 145 cm³/mol. The van der Waals surface area contributed by atoms with E-state index in [1.807, 2.05) is 0 Å². The Morgan fingerprint density at radius 3 is 1.79 bits per heavy atom. The number of hydrogen-bond donors (Lipinski definition) is 2. The summed E-state index contributed by atoms with van der Waals surface area (Å²) in [6, 6.07) is 0.00750. The number of primary amides is 2. The highest BCUT2D eigenvalue weighted by Gasteiger charge is 2.41. The lowest BCUT2D eigenvalue weighted by Crippen LogP contribution is -2.39. The predicted octanol–water partition coefficient (Wildman–Crippen LogP) is 5.12. The van der Waals surface area contributed by atoms with Crippen LogP contribution in [0, 0.1) is 22.7 Å². The van der Waals surface area contributed by atoms with Crippen LogP contribution in [0.25, 0.3) is 0 Å². The summed E-state index contributed by atoms with van der Waals surface area (Å²) in [6.07, 6.45) is 19.5. The zero-order valence-electron chi connectivity index (χ0n) is 23.0. The molecule has 0 heterocycles. The van der Waals surface area contributed by atoms with Crippen LogP contribution >= 0.6 is 0 Å². The first-order valence-corrected chi connectivity index (χ1v) is 13.2. The lowest BCUT2D eigenvalue weighted by molar-refractivity contribution is 0.0915. The van der Waals surface area contributed by atoms with Gasteiger partial charge in [-0.1, -0.05) is 45.1 Å². The van der Waals surface area contributed by atoms with E-state index in [4.69, 9.17) is 11.5 Å². The summed E-state index contributed by atoms with van der Waals surface area (Å²) in [4.78, 5) is 48.5. The Labute approximate surface area is 226 Å². The third-order valence-corrected chi connectivity index (χ3v) is 6.86. The van der Waals surface area contributed by atoms with Crippen LogP contribution in [0.4, 0.5) is 9.59 Å². The van der Waals surface area contributed by atoms with E-state index in [0.29, 0.717) is 31.6 Å². The molecule has 0 aromatic carbocycles. The number of hydrogen-bond acceptors (Lipinski definition) is 8. The molecule has 0 saturated heterocycles. The van der Waals surface area contributed by atoms with Gasteiger partial charge < -0.3 is 20.9 Å². The van der Waals surface area contributed by atoms with Gasteiger partial charge in [0.15, 0.2) is 0 Å². The molecule has 2 amide bonds. The molecule has 0 aromatic heterocycles. The largest absolute Gasteiger partial charge is 0.449 e. The molecule has 1 saturated carbocycles. The van der Waals surface area contributed by atoms with Crippen molar-refractivity contribution in [3.8, 4) is 0 Å². The van der Waals surface area contributed by atoms with Gasteiger partial charge in [0.25, 0.3) is 0 Å². The van der Waals surface area contributed by atoms with Crippen molar-refractivity contribution in [1.82, 2.24) is 0 Å². The smallest absolute Gasteiger partial charge is 0.404 e. The third kappa shape index (κ3) is 15.1. The van der Waals surface area contributed by atoms with Crippen LogP contribution in [0.5, 0.6) is 0 Å². The Bertz CT molecular complexity index is 867. The molecule has 4 unspecified atom stereocenters. The first kappa shape index (κ1) is 32.8. The second kappa shape index (κ2) is 17.3. The lowest BCUT2D eigenvalue weighted by Gasteiger charge is -2.44. The number of carbonyl (C=O) groups is 2. The van der Waals surface area contributed by atoms with Crippen molar-refractivity contribution in [2.45, 2.75) is 84.6 Å². The number of isocyanates is 2. The second-order valence-corrected chi connectivity index (χ2v) is 11.4. The van der Waals surface area contributed by atoms with Gasteiger partial charge >= 0.3 is 12.2 Å². The minimum absolute atomic E-state index is 0.00750. The number of nitrogens with two attached hydrogens (primary N) is 2. The van der Waals surface area contributed by atoms with E-state index in [1.54, 1.807) is 12.2 Å². The molecule has 3 rings (SSSR count). The molecule has 10 heteroatoms. The molecule has 3 aliphatic carbocycles. The second-order valence-electron chi connectivity index (χ2n) is 11.4. The van der Waals surface area contributed by atoms with Gasteiger partial charge in [0.2, 0.25) is 12.2 Å². The molecule has 1 fully saturated rings. The van der Waals surface area contributed by atoms with Crippen molar-refractivity contribution in [3.63, 3.8) is 0 Å². The number of allylic oxidation sites excluding steroid dienone is 4. The summed E-state index contributed by atoms with van der Waals surface area (Å²) in [7, 11) is 0. The Morgan fingerprint density at radius 2 is 1.39 bits per heavy atom. The molecule has 0 bridgehead atoms. The fourth-order valence-electron chi connectivity index (χ4n) is 5.50. The summed E-state index contributed by atoms with van der Waals surface area (Å²) in [5.74, 6) is 0.958. The third-order valence-electron chi connectivity index (χ3n) is 6.86. The highest BCUT2D eigenvalue weighted by atomic mass is 16.5. The van der Waals surface area contributed by atoms with Crippen LogP contribution in [0.2, 0.25) is 0 Å². The van der Waals surface area contributed by atoms with Crippen LogP contribution in [-0.4, -0.2) is 50.1 Å². The fourth-order valence-corrected chi connectivity index (χ4v) is 5.50. The molecule has 0 aromatic rings. The van der Waals surface area contributed by atoms with Gasteiger partial charge in [-0.15, -0.1) is 0 Å². The Kier molecular flexibility index (Phi) is 15.0. The minimum Gasteiger partial charge on any atom is -0.449 e. The molecule has 0 spiro atoms. The first-order chi connectivity index (χ1) is 18.0. The van der Waals surface area contributed by atoms with Gasteiger partial charge in [-0.3, -0.25) is 0 Å². The minimum atomic E-state index is -0.667. The maximum atomic E-state index is 10.3. The number of ether oxygens (including phenoxy) is 2. The van der Waals surface area contributed by atoms with Crippen LogP contribution in [-0.2, 0) is 19.1 Å². The SMILES string of the molecule is CC1(C)CC(N=C=O)CC(C)(CN=C=O)C1.NC(=O)OCC1CC=CCC1.NC(=O)OCC1CC=CCC1. The van der Waals surface area contributed by atoms with Gasteiger partial charge in [0.05, 0.1) is 25.8 Å². The summed E-state index contributed by atoms with van der Waals surface area (Å²) >= 11 is 0. The molecular weight excluding hydrogens is 488 g/mol. The van der Waals surface area contributed by atoms with Gasteiger partial charge in [0, 0.05) is 0 Å². The van der Waals surface area contributed by atoms with Crippen molar-refractivity contribution in [3.05, 3.63) is 24.3 Å². The molecule has 0 radical (unpaired) electrons. The van der Waals surface area contributed by atoms with E-state index in [-0.39, 0.29) is 16.9 Å². The summed E-state index contributed by atoms with van der Waals surface area (Å²) in [5, 5.41) is 0. The van der Waals surface area contributed by atoms with E-state index in [2.05, 4.69) is 64.5 Å². The Balaban J connectivity index is 0.000000293. The number of carbonyl (C=O) groups excluding carboxylic acids is 4. The molecule has 38 heavy (non-hydrogen) atoms. The number of nitrogens with zero attached hydrogens (tertiary/aromatic N) is 2. The van der Waals surface area contributed by atoms with Gasteiger partial charge in [-0.2, -0.15) is 0 Å². The maximum Gasteiger partial charge on any atom is 0.404 e. The first-order valence-electron chi connectivity index (χ1n) is 13.2. The highest BCUT2D eigenvalue weighted by Crippen LogP contribution is 2.47. The van der Waals surface area contributed by atoms with Crippen LogP contribution < -0.4 is 11.5 Å². The monoisotopic (exact) mass is 532 g/mol. The number of aliphatic imine (C=N–C) groups is 2. The Morgan fingerprint density at radius 1 is 0.868 bits per heavy atom. The van der Waals surface area contributed by atoms with Gasteiger partial charge in [-0.25, -0.2) is 29.2 Å². The average Bonchev–Trinajstić information content (AvgIpc) is 2.86. The average molecular weight is 533 g/mol. The van der Waals surface area contributed by atoms with Crippen LogP contribution in [0.3, 0.4) is 0 Å². The van der Waals surface area contributed by atoms with Gasteiger partial charge in [-0.05, 0) is 80.5 Å². The molecule has 3 aliphatic rings. The van der Waals surface area contributed by atoms with E-state index >= 15 is 0 Å². The van der Waals surface area contributed by atoms with Crippen LogP contribution in [0.1, 0.15) is 78.6 Å². The Hall–Kier alpha value is -3.22. The van der Waals surface area contributed by atoms with Gasteiger partial charge in [0.1, 0.15) is 0 Å². The van der Waals surface area contributed by atoms with Crippen molar-refractivity contribution >= 4 is 24.3 Å². The summed E-state index contributed by atoms with van der Waals surface area (Å²) in [6.45, 7) is 7.80. The summed E-state index contributed by atoms with van der Waals surface area (Å²) < 4.78 is 9.37. The van der Waals surface area contributed by atoms with Crippen molar-refractivity contribution in [1.29, 1.82) is 0 Å². The van der Waals surface area contributed by atoms with E-state index in [1.165, 1.54) is 0 Å². The zero-order chi connectivity index (χ0) is 28.4. The maximum absolute atomic E-state index is 10.3. The van der Waals surface area contributed by atoms with Crippen molar-refractivity contribution in [2.75, 3.05) is 19.8 Å². The molecule has 4 atom stereocenters. The van der Waals surface area contributed by atoms with Crippen molar-refractivity contribution in [2.24, 2.45) is 44.1 Å². The summed E-state index contributed by atoms with van der Waals surface area (Å²) in [5.41, 5.74) is 9.72. The highest BCUT2D eigenvalue weighted by molar-refractivity contribution is 5.64. The molecular formula is C28H44N4O6. The quantitative estimate of drug-likeness (QED) is 0.262. The van der Waals surface area contributed by atoms with Crippen molar-refractivity contribution < 1.29 is 28.7 Å². The van der Waals surface area contributed by atoms with E-state index < -0.39 is 12.2 Å². The molecule has 212 valence electrons. The standard InChI is InChI=1S/C12H18N2O2.2C8H13NO2/c1-11(2)4-10(14-9-16)5-12(3,6-11)7-13-8-15;2*9-8(10)11-6-7-4-2-1-3-5-7/h10H,4-7H2,1-3H3;2*1-2,7H,3-6H2,(H2,9,10). The normalized spacial score (nSPS) is 27.0. The number of rotatable bonds is 7. The van der Waals surface area contributed by atoms with E-state index in [9.17, 15) is 19.2 Å². The fraction of sp³-hybridized carbons (Fsp3) is 0.714. The topological polar surface area (TPSA) is 163 Å². The number of amides is 2. The molecule has 10 nitrogen and oxygen atoms in total. The van der Waals surface area contributed by atoms with E-state index in [0.717, 1.165) is 57.8 Å². The molecule has 4 N–H and O–H groups in total.